The van der Waals surface area contributed by atoms with Crippen LogP contribution in [-0.2, 0) is 0 Å². The largest absolute Gasteiger partial charge is 0.457 e. The number of hydrogen-bond acceptors (Lipinski definition) is 2. The summed E-state index contributed by atoms with van der Waals surface area (Å²) < 4.78 is 8.00. The van der Waals surface area contributed by atoms with Gasteiger partial charge in [-0.2, -0.15) is 0 Å². The molecule has 0 aromatic heterocycles. The van der Waals surface area contributed by atoms with Crippen molar-refractivity contribution in [2.75, 3.05) is 13.6 Å². The minimum atomic E-state index is 0.798. The maximum atomic E-state index is 6.03. The summed E-state index contributed by atoms with van der Waals surface area (Å²) in [4.78, 5) is 6.69. The maximum absolute atomic E-state index is 6.03. The number of aryl methyl sites for hydroxylation is 2. The SMILES string of the molecule is CCCN(C)C=Nc1cc(C)c(Oc2ccc(Br)c(Br)c2)cc1C. The lowest BCUT2D eigenvalue weighted by atomic mass is 10.1. The van der Waals surface area contributed by atoms with Gasteiger partial charge in [-0.25, -0.2) is 4.99 Å². The fraction of sp³-hybridized carbons (Fsp3) is 0.316. The number of hydrogen-bond donors (Lipinski definition) is 0. The summed E-state index contributed by atoms with van der Waals surface area (Å²) in [7, 11) is 2.04. The molecule has 0 aliphatic heterocycles. The molecular formula is C19H22Br2N2O. The lowest BCUT2D eigenvalue weighted by Crippen LogP contribution is -2.16. The molecule has 2 aromatic rings. The Hall–Kier alpha value is -1.33. The Kier molecular flexibility index (Phi) is 6.87. The molecule has 0 aliphatic carbocycles. The Morgan fingerprint density at radius 2 is 1.83 bits per heavy atom. The van der Waals surface area contributed by atoms with Crippen molar-refractivity contribution in [2.45, 2.75) is 27.2 Å². The molecule has 0 saturated carbocycles. The lowest BCUT2D eigenvalue weighted by molar-refractivity contribution is 0.478. The third-order valence-electron chi connectivity index (χ3n) is 3.58. The van der Waals surface area contributed by atoms with E-state index in [0.717, 1.165) is 50.2 Å². The highest BCUT2D eigenvalue weighted by Crippen LogP contribution is 2.34. The first-order chi connectivity index (χ1) is 11.4. The third kappa shape index (κ3) is 5.08. The predicted octanol–water partition coefficient (Wildman–Crippen LogP) is 6.62. The van der Waals surface area contributed by atoms with E-state index in [-0.39, 0.29) is 0 Å². The summed E-state index contributed by atoms with van der Waals surface area (Å²) >= 11 is 6.97. The lowest BCUT2D eigenvalue weighted by Gasteiger charge is -2.13. The summed E-state index contributed by atoms with van der Waals surface area (Å²) in [5.74, 6) is 1.65. The molecule has 128 valence electrons. The molecule has 3 nitrogen and oxygen atoms in total. The number of aliphatic imine (C=N–C) groups is 1. The Bertz CT molecular complexity index is 744. The molecule has 24 heavy (non-hydrogen) atoms. The van der Waals surface area contributed by atoms with Gasteiger partial charge >= 0.3 is 0 Å². The molecular weight excluding hydrogens is 432 g/mol. The second-order valence-corrected chi connectivity index (χ2v) is 7.52. The average molecular weight is 454 g/mol. The van der Waals surface area contributed by atoms with Gasteiger partial charge in [-0.05, 0) is 93.6 Å². The normalized spacial score (nSPS) is 11.1. The number of nitrogens with zero attached hydrogens (tertiary/aromatic N) is 2. The topological polar surface area (TPSA) is 24.8 Å². The van der Waals surface area contributed by atoms with Gasteiger partial charge in [-0.3, -0.25) is 0 Å². The zero-order valence-electron chi connectivity index (χ0n) is 14.4. The van der Waals surface area contributed by atoms with E-state index in [9.17, 15) is 0 Å². The van der Waals surface area contributed by atoms with E-state index in [1.165, 1.54) is 0 Å². The van der Waals surface area contributed by atoms with Crippen molar-refractivity contribution in [3.63, 3.8) is 0 Å². The van der Waals surface area contributed by atoms with Crippen LogP contribution in [0.15, 0.2) is 44.3 Å². The van der Waals surface area contributed by atoms with E-state index in [0.29, 0.717) is 0 Å². The number of rotatable bonds is 6. The van der Waals surface area contributed by atoms with E-state index in [4.69, 9.17) is 4.74 Å². The summed E-state index contributed by atoms with van der Waals surface area (Å²) in [6.07, 6.45) is 2.99. The molecule has 0 heterocycles. The Morgan fingerprint density at radius 1 is 1.08 bits per heavy atom. The van der Waals surface area contributed by atoms with Crippen molar-refractivity contribution in [2.24, 2.45) is 4.99 Å². The Morgan fingerprint density at radius 3 is 2.50 bits per heavy atom. The molecule has 5 heteroatoms. The first-order valence-corrected chi connectivity index (χ1v) is 9.48. The predicted molar refractivity (Wildman–Crippen MR) is 109 cm³/mol. The smallest absolute Gasteiger partial charge is 0.130 e. The van der Waals surface area contributed by atoms with Crippen LogP contribution in [0.1, 0.15) is 24.5 Å². The number of halogens is 2. The molecule has 0 aliphatic rings. The zero-order chi connectivity index (χ0) is 17.7. The molecule has 0 radical (unpaired) electrons. The monoisotopic (exact) mass is 452 g/mol. The van der Waals surface area contributed by atoms with E-state index < -0.39 is 0 Å². The second-order valence-electron chi connectivity index (χ2n) is 5.81. The van der Waals surface area contributed by atoms with Gasteiger partial charge in [0.15, 0.2) is 0 Å². The Balaban J connectivity index is 2.21. The van der Waals surface area contributed by atoms with Crippen molar-refractivity contribution >= 4 is 43.9 Å². The van der Waals surface area contributed by atoms with Crippen LogP contribution in [0.2, 0.25) is 0 Å². The first-order valence-electron chi connectivity index (χ1n) is 7.89. The van der Waals surface area contributed by atoms with Crippen LogP contribution in [0.5, 0.6) is 11.5 Å². The van der Waals surface area contributed by atoms with Crippen LogP contribution in [0.25, 0.3) is 0 Å². The number of ether oxygens (including phenoxy) is 1. The highest BCUT2D eigenvalue weighted by Gasteiger charge is 2.07. The molecule has 0 atom stereocenters. The van der Waals surface area contributed by atoms with Crippen molar-refractivity contribution in [1.82, 2.24) is 4.90 Å². The molecule has 2 rings (SSSR count). The van der Waals surface area contributed by atoms with Gasteiger partial charge in [0.05, 0.1) is 12.0 Å². The minimum absolute atomic E-state index is 0.798. The summed E-state index contributed by atoms with van der Waals surface area (Å²) in [5.41, 5.74) is 3.12. The first kappa shape index (κ1) is 19.0. The molecule has 0 saturated heterocycles. The molecule has 0 N–H and O–H groups in total. The average Bonchev–Trinajstić information content (AvgIpc) is 2.53. The Labute approximate surface area is 161 Å². The molecule has 2 aromatic carbocycles. The van der Waals surface area contributed by atoms with Crippen LogP contribution in [0.4, 0.5) is 5.69 Å². The van der Waals surface area contributed by atoms with Gasteiger partial charge in [-0.15, -0.1) is 0 Å². The van der Waals surface area contributed by atoms with Gasteiger partial charge in [0.25, 0.3) is 0 Å². The fourth-order valence-corrected chi connectivity index (χ4v) is 2.87. The van der Waals surface area contributed by atoms with Crippen molar-refractivity contribution in [1.29, 1.82) is 0 Å². The molecule has 0 amide bonds. The molecule has 0 spiro atoms. The van der Waals surface area contributed by atoms with E-state index in [1.807, 2.05) is 44.6 Å². The quantitative estimate of drug-likeness (QED) is 0.362. The highest BCUT2D eigenvalue weighted by atomic mass is 79.9. The maximum Gasteiger partial charge on any atom is 0.130 e. The van der Waals surface area contributed by atoms with Crippen molar-refractivity contribution in [3.8, 4) is 11.5 Å². The van der Waals surface area contributed by atoms with Crippen LogP contribution in [-0.4, -0.2) is 24.8 Å². The van der Waals surface area contributed by atoms with Crippen LogP contribution in [0, 0.1) is 13.8 Å². The summed E-state index contributed by atoms with van der Waals surface area (Å²) in [6, 6.07) is 9.95. The van der Waals surface area contributed by atoms with Crippen molar-refractivity contribution < 1.29 is 4.74 Å². The van der Waals surface area contributed by atoms with E-state index in [1.54, 1.807) is 0 Å². The van der Waals surface area contributed by atoms with Gasteiger partial charge in [0.1, 0.15) is 11.5 Å². The third-order valence-corrected chi connectivity index (χ3v) is 5.46. The summed E-state index contributed by atoms with van der Waals surface area (Å²) in [6.45, 7) is 7.25. The second kappa shape index (κ2) is 8.67. The standard InChI is InChI=1S/C19H22Br2N2O/c1-5-8-23(4)12-22-18-9-14(3)19(10-13(18)2)24-15-6-7-16(20)17(21)11-15/h6-7,9-12H,5,8H2,1-4H3. The van der Waals surface area contributed by atoms with E-state index >= 15 is 0 Å². The van der Waals surface area contributed by atoms with E-state index in [2.05, 4.69) is 61.7 Å². The minimum Gasteiger partial charge on any atom is -0.457 e. The summed E-state index contributed by atoms with van der Waals surface area (Å²) in [5, 5.41) is 0. The van der Waals surface area contributed by atoms with Gasteiger partial charge < -0.3 is 9.64 Å². The van der Waals surface area contributed by atoms with Gasteiger partial charge in [-0.1, -0.05) is 6.92 Å². The highest BCUT2D eigenvalue weighted by molar-refractivity contribution is 9.13. The fourth-order valence-electron chi connectivity index (χ4n) is 2.26. The zero-order valence-corrected chi connectivity index (χ0v) is 17.6. The van der Waals surface area contributed by atoms with Gasteiger partial charge in [0.2, 0.25) is 0 Å². The van der Waals surface area contributed by atoms with Crippen molar-refractivity contribution in [3.05, 3.63) is 50.4 Å². The number of benzene rings is 2. The van der Waals surface area contributed by atoms with Crippen LogP contribution < -0.4 is 4.74 Å². The molecule has 0 fully saturated rings. The molecule has 0 bridgehead atoms. The van der Waals surface area contributed by atoms with Crippen LogP contribution in [0.3, 0.4) is 0 Å². The molecule has 0 unspecified atom stereocenters. The van der Waals surface area contributed by atoms with Crippen LogP contribution >= 0.6 is 31.9 Å². The van der Waals surface area contributed by atoms with Gasteiger partial charge in [0, 0.05) is 22.5 Å².